The van der Waals surface area contributed by atoms with Gasteiger partial charge in [-0.05, 0) is 60.7 Å². The van der Waals surface area contributed by atoms with E-state index in [1.54, 1.807) is 13.1 Å². The van der Waals surface area contributed by atoms with Crippen molar-refractivity contribution in [2.75, 3.05) is 6.54 Å². The van der Waals surface area contributed by atoms with E-state index in [0.29, 0.717) is 0 Å². The number of pyridine rings is 1. The Kier molecular flexibility index (Phi) is 5.90. The standard InChI is InChI=1S/C29H27N3O/c1-20(33)29-25(27-13-7-8-15-30-27)17-23(21-9-3-2-4-10-21)18-28(29)31-16-14-22-19-32-26-12-6-5-11-24(22)26/h2-13,15,18-19,25,31-32H,14,16-17H2,1H3. The summed E-state index contributed by atoms with van der Waals surface area (Å²) in [6, 6.07) is 24.7. The molecule has 2 aromatic carbocycles. The highest BCUT2D eigenvalue weighted by Gasteiger charge is 2.29. The Hall–Kier alpha value is -3.92. The monoisotopic (exact) mass is 433 g/mol. The van der Waals surface area contributed by atoms with Crippen molar-refractivity contribution in [2.24, 2.45) is 0 Å². The predicted molar refractivity (Wildman–Crippen MR) is 134 cm³/mol. The van der Waals surface area contributed by atoms with E-state index in [4.69, 9.17) is 0 Å². The molecule has 2 N–H and O–H groups in total. The summed E-state index contributed by atoms with van der Waals surface area (Å²) in [7, 11) is 0. The summed E-state index contributed by atoms with van der Waals surface area (Å²) < 4.78 is 0. The number of rotatable bonds is 7. The number of nitrogens with zero attached hydrogens (tertiary/aromatic N) is 1. The van der Waals surface area contributed by atoms with Crippen LogP contribution in [0.1, 0.15) is 36.1 Å². The normalized spacial score (nSPS) is 16.0. The van der Waals surface area contributed by atoms with Crippen LogP contribution in [0.3, 0.4) is 0 Å². The van der Waals surface area contributed by atoms with E-state index in [1.807, 2.05) is 30.3 Å². The first-order valence-corrected chi connectivity index (χ1v) is 11.4. The molecule has 4 heteroatoms. The minimum absolute atomic E-state index is 0.0699. The lowest BCUT2D eigenvalue weighted by Crippen LogP contribution is -2.25. The van der Waals surface area contributed by atoms with E-state index < -0.39 is 0 Å². The molecule has 0 spiro atoms. The van der Waals surface area contributed by atoms with Gasteiger partial charge < -0.3 is 10.3 Å². The molecule has 0 radical (unpaired) electrons. The number of nitrogens with one attached hydrogen (secondary N) is 2. The molecule has 0 saturated carbocycles. The van der Waals surface area contributed by atoms with E-state index in [2.05, 4.69) is 70.0 Å². The third-order valence-electron chi connectivity index (χ3n) is 6.33. The number of allylic oxidation sites excluding steroid dienone is 3. The number of carbonyl (C=O) groups is 1. The Labute approximate surface area is 194 Å². The first kappa shape index (κ1) is 21.0. The van der Waals surface area contributed by atoms with Gasteiger partial charge in [0.15, 0.2) is 5.78 Å². The zero-order valence-electron chi connectivity index (χ0n) is 18.7. The first-order chi connectivity index (χ1) is 16.2. The second kappa shape index (κ2) is 9.29. The summed E-state index contributed by atoms with van der Waals surface area (Å²) >= 11 is 0. The topological polar surface area (TPSA) is 57.8 Å². The van der Waals surface area contributed by atoms with Gasteiger partial charge in [-0.1, -0.05) is 54.6 Å². The Morgan fingerprint density at radius 1 is 1.03 bits per heavy atom. The van der Waals surface area contributed by atoms with E-state index in [0.717, 1.165) is 41.9 Å². The van der Waals surface area contributed by atoms with Crippen molar-refractivity contribution in [3.8, 4) is 0 Å². The Balaban J connectivity index is 1.48. The molecule has 1 unspecified atom stereocenters. The molecule has 5 rings (SSSR count). The maximum Gasteiger partial charge on any atom is 0.158 e. The van der Waals surface area contributed by atoms with Crippen LogP contribution in [0, 0.1) is 0 Å². The molecule has 4 nitrogen and oxygen atoms in total. The number of aromatic amines is 1. The van der Waals surface area contributed by atoms with E-state index >= 15 is 0 Å². The zero-order chi connectivity index (χ0) is 22.6. The third-order valence-corrected chi connectivity index (χ3v) is 6.33. The van der Waals surface area contributed by atoms with Crippen LogP contribution in [0.25, 0.3) is 16.5 Å². The van der Waals surface area contributed by atoms with Crippen LogP contribution >= 0.6 is 0 Å². The van der Waals surface area contributed by atoms with Crippen LogP contribution in [-0.2, 0) is 11.2 Å². The molecule has 0 amide bonds. The lowest BCUT2D eigenvalue weighted by molar-refractivity contribution is -0.114. The average Bonchev–Trinajstić information content (AvgIpc) is 3.27. The molecule has 0 fully saturated rings. The first-order valence-electron chi connectivity index (χ1n) is 11.4. The highest BCUT2D eigenvalue weighted by molar-refractivity contribution is 5.98. The van der Waals surface area contributed by atoms with Crippen LogP contribution in [-0.4, -0.2) is 22.3 Å². The summed E-state index contributed by atoms with van der Waals surface area (Å²) in [6.07, 6.45) is 7.65. The fourth-order valence-corrected chi connectivity index (χ4v) is 4.76. The van der Waals surface area contributed by atoms with Gasteiger partial charge in [0, 0.05) is 52.7 Å². The number of H-pyrrole nitrogens is 1. The zero-order valence-corrected chi connectivity index (χ0v) is 18.7. The van der Waals surface area contributed by atoms with Gasteiger partial charge in [0.1, 0.15) is 0 Å². The summed E-state index contributed by atoms with van der Waals surface area (Å²) in [5.41, 5.74) is 7.46. The number of hydrogen-bond donors (Lipinski definition) is 2. The van der Waals surface area contributed by atoms with Gasteiger partial charge >= 0.3 is 0 Å². The fourth-order valence-electron chi connectivity index (χ4n) is 4.76. The highest BCUT2D eigenvalue weighted by atomic mass is 16.1. The van der Waals surface area contributed by atoms with Gasteiger partial charge in [-0.15, -0.1) is 0 Å². The second-order valence-corrected chi connectivity index (χ2v) is 8.47. The maximum atomic E-state index is 12.8. The minimum atomic E-state index is -0.0699. The molecule has 2 aromatic heterocycles. The van der Waals surface area contributed by atoms with Crippen molar-refractivity contribution in [2.45, 2.75) is 25.7 Å². The summed E-state index contributed by atoms with van der Waals surface area (Å²) in [5, 5.41) is 4.84. The van der Waals surface area contributed by atoms with Crippen LogP contribution in [0.4, 0.5) is 0 Å². The lowest BCUT2D eigenvalue weighted by atomic mass is 9.79. The van der Waals surface area contributed by atoms with E-state index in [9.17, 15) is 4.79 Å². The number of fused-ring (bicyclic) bond motifs is 1. The minimum Gasteiger partial charge on any atom is -0.384 e. The van der Waals surface area contributed by atoms with Gasteiger partial charge in [0.05, 0.1) is 0 Å². The number of para-hydroxylation sites is 1. The number of carbonyl (C=O) groups excluding carboxylic acids is 1. The van der Waals surface area contributed by atoms with Gasteiger partial charge in [-0.25, -0.2) is 0 Å². The Morgan fingerprint density at radius 3 is 2.61 bits per heavy atom. The van der Waals surface area contributed by atoms with E-state index in [-0.39, 0.29) is 11.7 Å². The molecule has 1 aliphatic carbocycles. The molecule has 4 aromatic rings. The molecular weight excluding hydrogens is 406 g/mol. The van der Waals surface area contributed by atoms with Crippen LogP contribution in [0.5, 0.6) is 0 Å². The van der Waals surface area contributed by atoms with E-state index in [1.165, 1.54) is 22.1 Å². The van der Waals surface area contributed by atoms with Crippen LogP contribution in [0.15, 0.2) is 103 Å². The number of benzene rings is 2. The Bertz CT molecular complexity index is 1330. The number of Topliss-reactive ketones (excluding diaryl/α,β-unsaturated/α-hetero) is 1. The van der Waals surface area contributed by atoms with Crippen molar-refractivity contribution in [1.29, 1.82) is 0 Å². The lowest BCUT2D eigenvalue weighted by Gasteiger charge is -2.28. The molecule has 0 saturated heterocycles. The summed E-state index contributed by atoms with van der Waals surface area (Å²) in [4.78, 5) is 20.8. The number of hydrogen-bond acceptors (Lipinski definition) is 3. The molecule has 0 bridgehead atoms. The smallest absolute Gasteiger partial charge is 0.158 e. The third kappa shape index (κ3) is 4.37. The fraction of sp³-hybridized carbons (Fsp3) is 0.172. The van der Waals surface area contributed by atoms with Crippen LogP contribution in [0.2, 0.25) is 0 Å². The highest BCUT2D eigenvalue weighted by Crippen LogP contribution is 2.40. The molecule has 164 valence electrons. The molecule has 1 atom stereocenters. The SMILES string of the molecule is CC(=O)C1=C(NCCc2c[nH]c3ccccc23)C=C(c2ccccc2)CC1c1ccccn1. The second-order valence-electron chi connectivity index (χ2n) is 8.47. The number of aromatic nitrogens is 2. The number of ketones is 1. The largest absolute Gasteiger partial charge is 0.384 e. The van der Waals surface area contributed by atoms with Gasteiger partial charge in [0.2, 0.25) is 0 Å². The van der Waals surface area contributed by atoms with Crippen molar-refractivity contribution < 1.29 is 4.79 Å². The maximum absolute atomic E-state index is 12.8. The van der Waals surface area contributed by atoms with Crippen molar-refractivity contribution in [3.63, 3.8) is 0 Å². The molecule has 33 heavy (non-hydrogen) atoms. The van der Waals surface area contributed by atoms with Crippen molar-refractivity contribution >= 4 is 22.3 Å². The van der Waals surface area contributed by atoms with Gasteiger partial charge in [-0.3, -0.25) is 9.78 Å². The van der Waals surface area contributed by atoms with Crippen LogP contribution < -0.4 is 5.32 Å². The Morgan fingerprint density at radius 2 is 1.82 bits per heavy atom. The van der Waals surface area contributed by atoms with Gasteiger partial charge in [-0.2, -0.15) is 0 Å². The molecule has 2 heterocycles. The summed E-state index contributed by atoms with van der Waals surface area (Å²) in [5.74, 6) is 0.0168. The summed E-state index contributed by atoms with van der Waals surface area (Å²) in [6.45, 7) is 2.40. The average molecular weight is 434 g/mol. The predicted octanol–water partition coefficient (Wildman–Crippen LogP) is 5.81. The quantitative estimate of drug-likeness (QED) is 0.387. The molecule has 0 aliphatic heterocycles. The molecular formula is C29H27N3O. The van der Waals surface area contributed by atoms with Crippen molar-refractivity contribution in [1.82, 2.24) is 15.3 Å². The molecule has 1 aliphatic rings. The van der Waals surface area contributed by atoms with Gasteiger partial charge in [0.25, 0.3) is 0 Å². The van der Waals surface area contributed by atoms with Crippen molar-refractivity contribution in [3.05, 3.63) is 119 Å².